The molecule has 0 aliphatic heterocycles. The zero-order valence-electron chi connectivity index (χ0n) is 14.5. The van der Waals surface area contributed by atoms with Crippen molar-refractivity contribution in [3.05, 3.63) is 59.8 Å². The Morgan fingerprint density at radius 2 is 2.04 bits per heavy atom. The number of aliphatic hydroxyl groups is 1. The topological polar surface area (TPSA) is 98.2 Å². The van der Waals surface area contributed by atoms with E-state index in [4.69, 9.17) is 5.73 Å². The highest BCUT2D eigenvalue weighted by Crippen LogP contribution is 2.26. The number of nitrogens with zero attached hydrogens (tertiary/aromatic N) is 2. The maximum absolute atomic E-state index is 11.8. The van der Waals surface area contributed by atoms with Gasteiger partial charge in [-0.3, -0.25) is 9.59 Å². The van der Waals surface area contributed by atoms with E-state index >= 15 is 0 Å². The van der Waals surface area contributed by atoms with E-state index in [1.165, 1.54) is 0 Å². The Labute approximate surface area is 155 Å². The number of para-hydroxylation sites is 1. The number of carbonyl (C=O) groups excluding carboxylic acids is 2. The van der Waals surface area contributed by atoms with Gasteiger partial charge in [0.2, 0.25) is 0 Å². The van der Waals surface area contributed by atoms with Crippen LogP contribution in [0.3, 0.4) is 0 Å². The lowest BCUT2D eigenvalue weighted by atomic mass is 10.0. The van der Waals surface area contributed by atoms with E-state index in [-0.39, 0.29) is 11.5 Å². The predicted molar refractivity (Wildman–Crippen MR) is 100 cm³/mol. The van der Waals surface area contributed by atoms with E-state index < -0.39 is 11.5 Å². The van der Waals surface area contributed by atoms with Gasteiger partial charge in [-0.15, -0.1) is 0 Å². The number of benzene rings is 2. The van der Waals surface area contributed by atoms with Gasteiger partial charge < -0.3 is 10.8 Å². The Morgan fingerprint density at radius 3 is 2.78 bits per heavy atom. The predicted octanol–water partition coefficient (Wildman–Crippen LogP) is 1.96. The second-order valence-corrected chi connectivity index (χ2v) is 6.58. The molecule has 3 aromatic rings. The molecule has 27 heavy (non-hydrogen) atoms. The quantitative estimate of drug-likeness (QED) is 0.684. The minimum atomic E-state index is -1.55. The molecule has 0 bridgehead atoms. The molecule has 1 fully saturated rings. The Kier molecular flexibility index (Phi) is 4.02. The first kappa shape index (κ1) is 17.0. The molecule has 0 unspecified atom stereocenters. The summed E-state index contributed by atoms with van der Waals surface area (Å²) in [6.45, 7) is 0. The van der Waals surface area contributed by atoms with Crippen LogP contribution in [0.1, 0.15) is 35.3 Å². The molecule has 1 amide bonds. The van der Waals surface area contributed by atoms with E-state index in [1.54, 1.807) is 28.9 Å². The van der Waals surface area contributed by atoms with Crippen LogP contribution in [0.25, 0.3) is 16.6 Å². The van der Waals surface area contributed by atoms with Gasteiger partial charge >= 0.3 is 0 Å². The number of ketones is 1. The largest absolute Gasteiger partial charge is 0.371 e. The Morgan fingerprint density at radius 1 is 1.22 bits per heavy atom. The first-order valence-corrected chi connectivity index (χ1v) is 8.65. The van der Waals surface area contributed by atoms with Gasteiger partial charge in [0.1, 0.15) is 0 Å². The van der Waals surface area contributed by atoms with Crippen LogP contribution in [0, 0.1) is 11.8 Å². The maximum Gasteiger partial charge on any atom is 0.269 e. The molecule has 4 rings (SSSR count). The fraction of sp³-hybridized carbons (Fsp3) is 0.190. The number of nitrogens with two attached hydrogens (primary N) is 1. The number of rotatable bonds is 2. The van der Waals surface area contributed by atoms with E-state index in [2.05, 4.69) is 16.9 Å². The lowest BCUT2D eigenvalue weighted by Gasteiger charge is -2.11. The SMILES string of the molecule is NC(=O)c1nn(-c2cccc(C#C[C@]3(O)CCCC3=O)c2)c2ccccc12. The third-order valence-corrected chi connectivity index (χ3v) is 4.73. The zero-order chi connectivity index (χ0) is 19.0. The standard InChI is InChI=1S/C21H17N3O3/c22-20(26)19-16-7-1-2-8-17(16)24(23-19)15-6-3-5-14(13-15)10-12-21(27)11-4-9-18(21)25/h1-3,5-8,13,27H,4,9,11H2,(H2,22,26)/t21-/m1/s1. The summed E-state index contributed by atoms with van der Waals surface area (Å²) < 4.78 is 1.63. The molecule has 0 radical (unpaired) electrons. The summed E-state index contributed by atoms with van der Waals surface area (Å²) in [4.78, 5) is 23.5. The molecule has 1 atom stereocenters. The first-order valence-electron chi connectivity index (χ1n) is 8.65. The summed E-state index contributed by atoms with van der Waals surface area (Å²) in [5.41, 5.74) is 6.20. The van der Waals surface area contributed by atoms with Gasteiger partial charge in [-0.25, -0.2) is 4.68 Å². The normalized spacial score (nSPS) is 19.1. The van der Waals surface area contributed by atoms with Gasteiger partial charge in [0, 0.05) is 17.4 Å². The van der Waals surface area contributed by atoms with Crippen molar-refractivity contribution in [3.63, 3.8) is 0 Å². The second kappa shape index (κ2) is 6.38. The first-order chi connectivity index (χ1) is 13.0. The molecule has 1 heterocycles. The van der Waals surface area contributed by atoms with Crippen molar-refractivity contribution in [1.29, 1.82) is 0 Å². The summed E-state index contributed by atoms with van der Waals surface area (Å²) in [5.74, 6) is 4.79. The molecule has 1 aromatic heterocycles. The number of Topliss-reactive ketones (excluding diaryl/α,β-unsaturated/α-hetero) is 1. The van der Waals surface area contributed by atoms with Crippen molar-refractivity contribution in [2.45, 2.75) is 24.9 Å². The number of fused-ring (bicyclic) bond motifs is 1. The van der Waals surface area contributed by atoms with Crippen LogP contribution in [0.15, 0.2) is 48.5 Å². The summed E-state index contributed by atoms with van der Waals surface area (Å²) in [7, 11) is 0. The number of hydrogen-bond acceptors (Lipinski definition) is 4. The van der Waals surface area contributed by atoms with Crippen LogP contribution in [0.5, 0.6) is 0 Å². The number of primary amides is 1. The van der Waals surface area contributed by atoms with Gasteiger partial charge in [0.25, 0.3) is 5.91 Å². The number of aromatic nitrogens is 2. The molecule has 6 heteroatoms. The van der Waals surface area contributed by atoms with E-state index in [0.717, 1.165) is 5.52 Å². The third kappa shape index (κ3) is 2.98. The molecular weight excluding hydrogens is 342 g/mol. The van der Waals surface area contributed by atoms with Crippen molar-refractivity contribution < 1.29 is 14.7 Å². The molecule has 6 nitrogen and oxygen atoms in total. The van der Waals surface area contributed by atoms with Crippen LogP contribution < -0.4 is 5.73 Å². The number of hydrogen-bond donors (Lipinski definition) is 2. The Hall–Kier alpha value is -3.43. The molecular formula is C21H17N3O3. The van der Waals surface area contributed by atoms with Crippen molar-refractivity contribution >= 4 is 22.6 Å². The monoisotopic (exact) mass is 359 g/mol. The maximum atomic E-state index is 11.8. The zero-order valence-corrected chi connectivity index (χ0v) is 14.5. The molecule has 1 saturated carbocycles. The van der Waals surface area contributed by atoms with E-state index in [1.807, 2.05) is 24.3 Å². The lowest BCUT2D eigenvalue weighted by Crippen LogP contribution is -2.31. The van der Waals surface area contributed by atoms with Crippen LogP contribution in [-0.4, -0.2) is 32.2 Å². The lowest BCUT2D eigenvalue weighted by molar-refractivity contribution is -0.128. The van der Waals surface area contributed by atoms with Crippen molar-refractivity contribution in [2.24, 2.45) is 5.73 Å². The van der Waals surface area contributed by atoms with Crippen molar-refractivity contribution in [3.8, 4) is 17.5 Å². The van der Waals surface area contributed by atoms with E-state index in [0.29, 0.717) is 35.9 Å². The minimum Gasteiger partial charge on any atom is -0.371 e. The number of amides is 1. The average Bonchev–Trinajstić information content (AvgIpc) is 3.22. The molecule has 2 aromatic carbocycles. The summed E-state index contributed by atoms with van der Waals surface area (Å²) >= 11 is 0. The highest BCUT2D eigenvalue weighted by Gasteiger charge is 2.38. The average molecular weight is 359 g/mol. The molecule has 134 valence electrons. The van der Waals surface area contributed by atoms with Crippen molar-refractivity contribution in [1.82, 2.24) is 9.78 Å². The van der Waals surface area contributed by atoms with Crippen LogP contribution in [0.2, 0.25) is 0 Å². The Balaban J connectivity index is 1.77. The highest BCUT2D eigenvalue weighted by molar-refractivity contribution is 6.04. The van der Waals surface area contributed by atoms with Crippen LogP contribution >= 0.6 is 0 Å². The van der Waals surface area contributed by atoms with Gasteiger partial charge in [-0.1, -0.05) is 36.1 Å². The second-order valence-electron chi connectivity index (χ2n) is 6.58. The van der Waals surface area contributed by atoms with Gasteiger partial charge in [0.15, 0.2) is 17.1 Å². The minimum absolute atomic E-state index is 0.202. The van der Waals surface area contributed by atoms with Crippen LogP contribution in [-0.2, 0) is 4.79 Å². The number of carbonyl (C=O) groups is 2. The molecule has 1 aliphatic rings. The third-order valence-electron chi connectivity index (χ3n) is 4.73. The van der Waals surface area contributed by atoms with Gasteiger partial charge in [0.05, 0.1) is 11.2 Å². The Bertz CT molecular complexity index is 1140. The molecule has 0 saturated heterocycles. The van der Waals surface area contributed by atoms with Crippen molar-refractivity contribution in [2.75, 3.05) is 0 Å². The summed E-state index contributed by atoms with van der Waals surface area (Å²) in [6.07, 6.45) is 1.38. The smallest absolute Gasteiger partial charge is 0.269 e. The van der Waals surface area contributed by atoms with E-state index in [9.17, 15) is 14.7 Å². The van der Waals surface area contributed by atoms with Gasteiger partial charge in [-0.05, 0) is 37.1 Å². The molecule has 0 spiro atoms. The summed E-state index contributed by atoms with van der Waals surface area (Å²) in [6, 6.07) is 14.6. The molecule has 1 aliphatic carbocycles. The highest BCUT2D eigenvalue weighted by atomic mass is 16.3. The molecule has 3 N–H and O–H groups in total. The van der Waals surface area contributed by atoms with Crippen LogP contribution in [0.4, 0.5) is 0 Å². The fourth-order valence-corrected chi connectivity index (χ4v) is 3.32. The summed E-state index contributed by atoms with van der Waals surface area (Å²) in [5, 5.41) is 15.3. The fourth-order valence-electron chi connectivity index (χ4n) is 3.32. The van der Waals surface area contributed by atoms with Gasteiger partial charge in [-0.2, -0.15) is 5.10 Å².